The summed E-state index contributed by atoms with van der Waals surface area (Å²) in [6.45, 7) is -2.98. The number of nitrogens with one attached hydrogen (secondary N) is 1. The van der Waals surface area contributed by atoms with Gasteiger partial charge in [0.1, 0.15) is 6.61 Å². The van der Waals surface area contributed by atoms with Crippen LogP contribution in [-0.2, 0) is 11.3 Å². The number of aliphatic hydroxyl groups excluding tert-OH is 1. The molecule has 0 aliphatic rings. The Morgan fingerprint density at radius 3 is 2.12 bits per heavy atom. The highest BCUT2D eigenvalue weighted by Gasteiger charge is 2.75. The minimum absolute atomic E-state index is 0.163. The van der Waals surface area contributed by atoms with Crippen LogP contribution in [0.25, 0.3) is 0 Å². The maximum Gasteiger partial charge on any atom is 0.380 e. The van der Waals surface area contributed by atoms with Gasteiger partial charge in [0.05, 0.1) is 12.7 Å². The fourth-order valence-electron chi connectivity index (χ4n) is 1.83. The second kappa shape index (κ2) is 8.96. The fraction of sp³-hybridized carbons (Fsp3) is 0.600. The number of benzene rings is 1. The number of hydrogen-bond donors (Lipinski definition) is 2. The van der Waals surface area contributed by atoms with Crippen molar-refractivity contribution in [3.63, 3.8) is 0 Å². The van der Waals surface area contributed by atoms with Crippen molar-refractivity contribution in [2.75, 3.05) is 19.8 Å². The zero-order chi connectivity index (χ0) is 20.0. The van der Waals surface area contributed by atoms with Crippen molar-refractivity contribution in [2.45, 2.75) is 36.8 Å². The van der Waals surface area contributed by atoms with E-state index in [1.807, 2.05) is 0 Å². The van der Waals surface area contributed by atoms with Gasteiger partial charge in [0.25, 0.3) is 0 Å². The molecule has 0 aromatic heterocycles. The number of alkyl halides is 8. The van der Waals surface area contributed by atoms with Gasteiger partial charge in [-0.2, -0.15) is 26.3 Å². The quantitative estimate of drug-likeness (QED) is 0.565. The molecular formula is C15H17F8NO2. The minimum Gasteiger partial charge on any atom is -0.389 e. The predicted molar refractivity (Wildman–Crippen MR) is 75.8 cm³/mol. The monoisotopic (exact) mass is 395 g/mol. The molecule has 3 nitrogen and oxygen atoms in total. The third kappa shape index (κ3) is 5.52. The van der Waals surface area contributed by atoms with E-state index in [9.17, 15) is 40.2 Å². The van der Waals surface area contributed by atoms with Crippen molar-refractivity contribution in [1.82, 2.24) is 5.32 Å². The largest absolute Gasteiger partial charge is 0.389 e. The lowest BCUT2D eigenvalue weighted by atomic mass is 10.1. The molecule has 11 heteroatoms. The van der Waals surface area contributed by atoms with Gasteiger partial charge < -0.3 is 15.2 Å². The molecule has 0 spiro atoms. The van der Waals surface area contributed by atoms with E-state index in [-0.39, 0.29) is 6.54 Å². The van der Waals surface area contributed by atoms with Crippen LogP contribution in [-0.4, -0.2) is 55.2 Å². The third-order valence-corrected chi connectivity index (χ3v) is 3.30. The van der Waals surface area contributed by atoms with Crippen LogP contribution in [0.3, 0.4) is 0 Å². The summed E-state index contributed by atoms with van der Waals surface area (Å²) in [4.78, 5) is 0. The first kappa shape index (κ1) is 22.6. The van der Waals surface area contributed by atoms with Crippen LogP contribution in [0.4, 0.5) is 35.1 Å². The molecule has 0 aliphatic heterocycles. The van der Waals surface area contributed by atoms with E-state index in [0.29, 0.717) is 6.54 Å². The van der Waals surface area contributed by atoms with Crippen LogP contribution in [0.2, 0.25) is 0 Å². The molecule has 0 heterocycles. The normalized spacial score (nSPS) is 14.7. The van der Waals surface area contributed by atoms with Crippen LogP contribution in [0, 0.1) is 0 Å². The van der Waals surface area contributed by atoms with E-state index in [0.717, 1.165) is 5.56 Å². The summed E-state index contributed by atoms with van der Waals surface area (Å²) in [5.41, 5.74) is 0.848. The number of halogens is 8. The number of hydrogen-bond acceptors (Lipinski definition) is 3. The van der Waals surface area contributed by atoms with Gasteiger partial charge in [-0.3, -0.25) is 0 Å². The summed E-state index contributed by atoms with van der Waals surface area (Å²) in [5.74, 6) is -18.1. The molecular weight excluding hydrogens is 378 g/mol. The lowest BCUT2D eigenvalue weighted by Crippen LogP contribution is -2.59. The standard InChI is InChI=1S/C15H17F8NO2/c16-12(17)14(20,21)15(22,23)13(18,19)9-26-8-11(25)7-24-6-10-4-2-1-3-5-10/h1-5,11-12,24-25H,6-9H2/t11-/m0/s1. The highest BCUT2D eigenvalue weighted by molar-refractivity contribution is 5.14. The molecule has 1 aromatic rings. The van der Waals surface area contributed by atoms with Crippen LogP contribution < -0.4 is 5.32 Å². The molecule has 150 valence electrons. The van der Waals surface area contributed by atoms with E-state index < -0.39 is 43.5 Å². The Hall–Kier alpha value is -1.46. The third-order valence-electron chi connectivity index (χ3n) is 3.30. The first-order chi connectivity index (χ1) is 11.9. The minimum atomic E-state index is -6.31. The molecule has 0 amide bonds. The second-order valence-corrected chi connectivity index (χ2v) is 5.49. The summed E-state index contributed by atoms with van der Waals surface area (Å²) < 4.78 is 106. The molecule has 0 aliphatic carbocycles. The van der Waals surface area contributed by atoms with Crippen molar-refractivity contribution < 1.29 is 45.0 Å². The Kier molecular flexibility index (Phi) is 7.78. The van der Waals surface area contributed by atoms with Gasteiger partial charge in [0, 0.05) is 13.1 Å². The Bertz CT molecular complexity index is 542. The van der Waals surface area contributed by atoms with Gasteiger partial charge >= 0.3 is 24.2 Å². The van der Waals surface area contributed by atoms with Crippen molar-refractivity contribution in [1.29, 1.82) is 0 Å². The van der Waals surface area contributed by atoms with Gasteiger partial charge in [-0.25, -0.2) is 8.78 Å². The smallest absolute Gasteiger partial charge is 0.380 e. The van der Waals surface area contributed by atoms with Gasteiger partial charge in [0.2, 0.25) is 0 Å². The molecule has 0 fully saturated rings. The maximum atomic E-state index is 13.2. The second-order valence-electron chi connectivity index (χ2n) is 5.49. The Labute approximate surface area is 143 Å². The Morgan fingerprint density at radius 1 is 1.00 bits per heavy atom. The van der Waals surface area contributed by atoms with E-state index >= 15 is 0 Å². The molecule has 0 radical (unpaired) electrons. The van der Waals surface area contributed by atoms with Crippen LogP contribution in [0.5, 0.6) is 0 Å². The molecule has 26 heavy (non-hydrogen) atoms. The van der Waals surface area contributed by atoms with Crippen LogP contribution >= 0.6 is 0 Å². The van der Waals surface area contributed by atoms with Crippen molar-refractivity contribution in [2.24, 2.45) is 0 Å². The zero-order valence-electron chi connectivity index (χ0n) is 13.2. The topological polar surface area (TPSA) is 41.5 Å². The van der Waals surface area contributed by atoms with E-state index in [1.54, 1.807) is 30.3 Å². The number of rotatable bonds is 11. The average molecular weight is 395 g/mol. The molecule has 0 saturated carbocycles. The van der Waals surface area contributed by atoms with Crippen LogP contribution in [0.1, 0.15) is 5.56 Å². The number of ether oxygens (including phenoxy) is 1. The number of aliphatic hydroxyl groups is 1. The van der Waals surface area contributed by atoms with Gasteiger partial charge in [0.15, 0.2) is 0 Å². The van der Waals surface area contributed by atoms with Crippen molar-refractivity contribution in [3.8, 4) is 0 Å². The highest BCUT2D eigenvalue weighted by atomic mass is 19.4. The Balaban J connectivity index is 2.42. The lowest BCUT2D eigenvalue weighted by Gasteiger charge is -2.32. The first-order valence-electron chi connectivity index (χ1n) is 7.34. The van der Waals surface area contributed by atoms with Gasteiger partial charge in [-0.15, -0.1) is 0 Å². The maximum absolute atomic E-state index is 13.2. The van der Waals surface area contributed by atoms with Gasteiger partial charge in [-0.05, 0) is 5.56 Å². The van der Waals surface area contributed by atoms with E-state index in [1.165, 1.54) is 0 Å². The fourth-order valence-corrected chi connectivity index (χ4v) is 1.83. The summed E-state index contributed by atoms with van der Waals surface area (Å²) in [6, 6.07) is 8.82. The Morgan fingerprint density at radius 2 is 1.58 bits per heavy atom. The molecule has 0 bridgehead atoms. The van der Waals surface area contributed by atoms with E-state index in [2.05, 4.69) is 10.1 Å². The van der Waals surface area contributed by atoms with Gasteiger partial charge in [-0.1, -0.05) is 30.3 Å². The zero-order valence-corrected chi connectivity index (χ0v) is 13.2. The van der Waals surface area contributed by atoms with Crippen LogP contribution in [0.15, 0.2) is 30.3 Å². The molecule has 1 atom stereocenters. The average Bonchev–Trinajstić information content (AvgIpc) is 2.55. The van der Waals surface area contributed by atoms with Crippen molar-refractivity contribution in [3.05, 3.63) is 35.9 Å². The SMILES string of the molecule is O[C@@H](CNCc1ccccc1)COCC(F)(F)C(F)(F)C(F)(F)C(F)F. The highest BCUT2D eigenvalue weighted by Crippen LogP contribution is 2.48. The molecule has 2 N–H and O–H groups in total. The lowest BCUT2D eigenvalue weighted by molar-refractivity contribution is -0.346. The summed E-state index contributed by atoms with van der Waals surface area (Å²) in [7, 11) is 0. The van der Waals surface area contributed by atoms with Crippen molar-refractivity contribution >= 4 is 0 Å². The molecule has 0 unspecified atom stereocenters. The predicted octanol–water partition coefficient (Wildman–Crippen LogP) is 3.32. The summed E-state index contributed by atoms with van der Waals surface area (Å²) in [6.07, 6.45) is -6.38. The van der Waals surface area contributed by atoms with E-state index in [4.69, 9.17) is 0 Å². The molecule has 0 saturated heterocycles. The first-order valence-corrected chi connectivity index (χ1v) is 7.34. The molecule has 1 rings (SSSR count). The summed E-state index contributed by atoms with van der Waals surface area (Å²) in [5, 5.41) is 12.2. The molecule has 1 aromatic carbocycles. The summed E-state index contributed by atoms with van der Waals surface area (Å²) >= 11 is 0.